The van der Waals surface area contributed by atoms with Gasteiger partial charge in [-0.05, 0) is 25.0 Å². The molecule has 1 heterocycles. The summed E-state index contributed by atoms with van der Waals surface area (Å²) in [6.07, 6.45) is 1.88. The molecule has 0 atom stereocenters. The van der Waals surface area contributed by atoms with Crippen molar-refractivity contribution < 1.29 is 27.8 Å². The Morgan fingerprint density at radius 2 is 1.76 bits per heavy atom. The smallest absolute Gasteiger partial charge is 0.387 e. The average Bonchev–Trinajstić information content (AvgIpc) is 3.45. The van der Waals surface area contributed by atoms with E-state index in [1.807, 2.05) is 0 Å². The molecule has 6 nitrogen and oxygen atoms in total. The van der Waals surface area contributed by atoms with Crippen LogP contribution in [-0.2, 0) is 4.79 Å². The third kappa shape index (κ3) is 3.83. The van der Waals surface area contributed by atoms with Gasteiger partial charge in [-0.3, -0.25) is 9.59 Å². The second-order valence-electron chi connectivity index (χ2n) is 6.11. The standard InChI is InChI=1S/C17H20F2N2O4/c1-24-13-4-2-3-12(14(13)25-17(18)19)16(23)21-9-7-20(8-10-21)15(22)11-5-6-11/h2-4,11,17H,5-10H2,1H3. The summed E-state index contributed by atoms with van der Waals surface area (Å²) < 4.78 is 34.9. The SMILES string of the molecule is COc1cccc(C(=O)N2CCN(C(=O)C3CC3)CC2)c1OC(F)F. The molecule has 2 aliphatic rings. The van der Waals surface area contributed by atoms with Gasteiger partial charge in [0, 0.05) is 32.1 Å². The fraction of sp³-hybridized carbons (Fsp3) is 0.529. The van der Waals surface area contributed by atoms with Crippen LogP contribution in [0.3, 0.4) is 0 Å². The summed E-state index contributed by atoms with van der Waals surface area (Å²) in [5, 5.41) is 0. The Kier molecular flexibility index (Phi) is 5.06. The molecule has 1 aliphatic carbocycles. The Balaban J connectivity index is 1.72. The molecule has 1 saturated carbocycles. The van der Waals surface area contributed by atoms with Gasteiger partial charge in [0.25, 0.3) is 5.91 Å². The quantitative estimate of drug-likeness (QED) is 0.811. The zero-order valence-electron chi connectivity index (χ0n) is 13.9. The van der Waals surface area contributed by atoms with E-state index in [-0.39, 0.29) is 28.9 Å². The van der Waals surface area contributed by atoms with Crippen molar-refractivity contribution in [1.29, 1.82) is 0 Å². The van der Waals surface area contributed by atoms with Gasteiger partial charge in [0.05, 0.1) is 12.7 Å². The minimum absolute atomic E-state index is 0.0293. The van der Waals surface area contributed by atoms with Gasteiger partial charge in [0.15, 0.2) is 11.5 Å². The van der Waals surface area contributed by atoms with E-state index in [1.54, 1.807) is 15.9 Å². The summed E-state index contributed by atoms with van der Waals surface area (Å²) >= 11 is 0. The first-order chi connectivity index (χ1) is 12.0. The highest BCUT2D eigenvalue weighted by Crippen LogP contribution is 2.34. The Morgan fingerprint density at radius 1 is 1.12 bits per heavy atom. The molecule has 8 heteroatoms. The zero-order chi connectivity index (χ0) is 18.0. The largest absolute Gasteiger partial charge is 0.493 e. The van der Waals surface area contributed by atoms with Crippen molar-refractivity contribution in [2.24, 2.45) is 5.92 Å². The van der Waals surface area contributed by atoms with Crippen LogP contribution in [0.4, 0.5) is 8.78 Å². The van der Waals surface area contributed by atoms with E-state index < -0.39 is 12.5 Å². The molecule has 0 unspecified atom stereocenters. The number of halogens is 2. The highest BCUT2D eigenvalue weighted by molar-refractivity contribution is 5.98. The lowest BCUT2D eigenvalue weighted by molar-refractivity contribution is -0.134. The number of hydrogen-bond donors (Lipinski definition) is 0. The summed E-state index contributed by atoms with van der Waals surface area (Å²) in [7, 11) is 1.32. The van der Waals surface area contributed by atoms with E-state index in [0.29, 0.717) is 26.2 Å². The molecule has 0 N–H and O–H groups in total. The minimum atomic E-state index is -3.06. The van der Waals surface area contributed by atoms with Gasteiger partial charge in [0.1, 0.15) is 0 Å². The maximum absolute atomic E-state index is 12.7. The van der Waals surface area contributed by atoms with E-state index in [1.165, 1.54) is 19.2 Å². The van der Waals surface area contributed by atoms with Crippen LogP contribution in [0.25, 0.3) is 0 Å². The predicted molar refractivity (Wildman–Crippen MR) is 84.8 cm³/mol. The van der Waals surface area contributed by atoms with Crippen LogP contribution in [0.5, 0.6) is 11.5 Å². The van der Waals surface area contributed by atoms with Crippen LogP contribution in [0, 0.1) is 5.92 Å². The summed E-state index contributed by atoms with van der Waals surface area (Å²) in [4.78, 5) is 28.1. The lowest BCUT2D eigenvalue weighted by atomic mass is 10.1. The molecule has 0 radical (unpaired) electrons. The molecule has 3 rings (SSSR count). The van der Waals surface area contributed by atoms with Crippen LogP contribution in [0.15, 0.2) is 18.2 Å². The van der Waals surface area contributed by atoms with Crippen LogP contribution in [-0.4, -0.2) is 61.5 Å². The molecule has 1 aromatic rings. The molecule has 1 aromatic carbocycles. The number of carbonyl (C=O) groups is 2. The summed E-state index contributed by atoms with van der Waals surface area (Å²) in [5.74, 6) is -0.301. The fourth-order valence-corrected chi connectivity index (χ4v) is 2.94. The first-order valence-corrected chi connectivity index (χ1v) is 8.21. The van der Waals surface area contributed by atoms with Gasteiger partial charge in [-0.25, -0.2) is 0 Å². The van der Waals surface area contributed by atoms with Gasteiger partial charge in [-0.1, -0.05) is 6.07 Å². The molecule has 136 valence electrons. The lowest BCUT2D eigenvalue weighted by Gasteiger charge is -2.35. The van der Waals surface area contributed by atoms with E-state index in [4.69, 9.17) is 4.74 Å². The summed E-state index contributed by atoms with van der Waals surface area (Å²) in [6, 6.07) is 4.45. The third-order valence-corrected chi connectivity index (χ3v) is 4.44. The Bertz CT molecular complexity index is 656. The van der Waals surface area contributed by atoms with Crippen molar-refractivity contribution in [3.63, 3.8) is 0 Å². The molecule has 0 bridgehead atoms. The minimum Gasteiger partial charge on any atom is -0.493 e. The number of methoxy groups -OCH3 is 1. The van der Waals surface area contributed by atoms with Crippen molar-refractivity contribution in [3.8, 4) is 11.5 Å². The normalized spacial score (nSPS) is 17.6. The summed E-state index contributed by atoms with van der Waals surface area (Å²) in [5.41, 5.74) is 0.0293. The van der Waals surface area contributed by atoms with Crippen molar-refractivity contribution in [2.75, 3.05) is 33.3 Å². The molecule has 2 amide bonds. The van der Waals surface area contributed by atoms with Gasteiger partial charge < -0.3 is 19.3 Å². The fourth-order valence-electron chi connectivity index (χ4n) is 2.94. The number of ether oxygens (including phenoxy) is 2. The number of piperazine rings is 1. The molecule has 25 heavy (non-hydrogen) atoms. The Morgan fingerprint density at radius 3 is 2.32 bits per heavy atom. The molecule has 1 saturated heterocycles. The van der Waals surface area contributed by atoms with Crippen molar-refractivity contribution in [3.05, 3.63) is 23.8 Å². The number of amides is 2. The van der Waals surface area contributed by atoms with Crippen molar-refractivity contribution >= 4 is 11.8 Å². The number of rotatable bonds is 5. The monoisotopic (exact) mass is 354 g/mol. The van der Waals surface area contributed by atoms with Crippen molar-refractivity contribution in [1.82, 2.24) is 9.80 Å². The Labute approximate surface area is 144 Å². The van der Waals surface area contributed by atoms with Crippen molar-refractivity contribution in [2.45, 2.75) is 19.5 Å². The van der Waals surface area contributed by atoms with Crippen LogP contribution in [0.2, 0.25) is 0 Å². The molecule has 0 spiro atoms. The van der Waals surface area contributed by atoms with Gasteiger partial charge >= 0.3 is 6.61 Å². The first kappa shape index (κ1) is 17.4. The number of hydrogen-bond acceptors (Lipinski definition) is 4. The number of alkyl halides is 2. The van der Waals surface area contributed by atoms with Gasteiger partial charge in [0.2, 0.25) is 5.91 Å². The maximum Gasteiger partial charge on any atom is 0.387 e. The van der Waals surface area contributed by atoms with Crippen LogP contribution < -0.4 is 9.47 Å². The van der Waals surface area contributed by atoms with E-state index >= 15 is 0 Å². The Hall–Kier alpha value is -2.38. The van der Waals surface area contributed by atoms with E-state index in [2.05, 4.69) is 4.74 Å². The van der Waals surface area contributed by atoms with E-state index in [0.717, 1.165) is 12.8 Å². The highest BCUT2D eigenvalue weighted by atomic mass is 19.3. The molecule has 1 aliphatic heterocycles. The number of para-hydroxylation sites is 1. The number of nitrogens with zero attached hydrogens (tertiary/aromatic N) is 2. The van der Waals surface area contributed by atoms with E-state index in [9.17, 15) is 18.4 Å². The molecule has 0 aromatic heterocycles. The van der Waals surface area contributed by atoms with Gasteiger partial charge in [-0.15, -0.1) is 0 Å². The topological polar surface area (TPSA) is 59.1 Å². The summed E-state index contributed by atoms with van der Waals surface area (Å²) in [6.45, 7) is -1.42. The number of benzene rings is 1. The van der Waals surface area contributed by atoms with Crippen LogP contribution in [0.1, 0.15) is 23.2 Å². The first-order valence-electron chi connectivity index (χ1n) is 8.21. The third-order valence-electron chi connectivity index (χ3n) is 4.44. The second kappa shape index (κ2) is 7.25. The zero-order valence-corrected chi connectivity index (χ0v) is 13.9. The highest BCUT2D eigenvalue weighted by Gasteiger charge is 2.35. The molecular weight excluding hydrogens is 334 g/mol. The van der Waals surface area contributed by atoms with Crippen LogP contribution >= 0.6 is 0 Å². The second-order valence-corrected chi connectivity index (χ2v) is 6.11. The average molecular weight is 354 g/mol. The maximum atomic E-state index is 12.7. The lowest BCUT2D eigenvalue weighted by Crippen LogP contribution is -2.51. The van der Waals surface area contributed by atoms with Gasteiger partial charge in [-0.2, -0.15) is 8.78 Å². The molecular formula is C17H20F2N2O4. The number of carbonyl (C=O) groups excluding carboxylic acids is 2. The molecule has 2 fully saturated rings. The predicted octanol–water partition coefficient (Wildman–Crippen LogP) is 1.99.